The lowest BCUT2D eigenvalue weighted by Crippen LogP contribution is -1.90. The van der Waals surface area contributed by atoms with Crippen molar-refractivity contribution in [3.63, 3.8) is 0 Å². The van der Waals surface area contributed by atoms with Gasteiger partial charge >= 0.3 is 0 Å². The number of rotatable bonds is 4. The minimum Gasteiger partial charge on any atom is -0.258 e. The first kappa shape index (κ1) is 13.0. The molecule has 0 amide bonds. The third-order valence-corrected chi connectivity index (χ3v) is 5.00. The van der Waals surface area contributed by atoms with Crippen LogP contribution in [0, 0.1) is 10.1 Å². The first-order chi connectivity index (χ1) is 9.13. The predicted octanol–water partition coefficient (Wildman–Crippen LogP) is 4.24. The summed E-state index contributed by atoms with van der Waals surface area (Å²) < 4.78 is 5.75. The van der Waals surface area contributed by atoms with Crippen molar-refractivity contribution in [2.24, 2.45) is 0 Å². The van der Waals surface area contributed by atoms with Gasteiger partial charge in [-0.15, -0.1) is 0 Å². The largest absolute Gasteiger partial charge is 0.284 e. The monoisotopic (exact) mass is 357 g/mol. The van der Waals surface area contributed by atoms with Crippen molar-refractivity contribution in [2.75, 3.05) is 0 Å². The number of hydrogen-bond acceptors (Lipinski definition) is 6. The summed E-state index contributed by atoms with van der Waals surface area (Å²) in [6.45, 7) is 0. The minimum atomic E-state index is -0.379. The molecule has 1 aliphatic carbocycles. The maximum Gasteiger partial charge on any atom is 0.284 e. The van der Waals surface area contributed by atoms with Crippen LogP contribution in [0.1, 0.15) is 24.6 Å². The zero-order chi connectivity index (χ0) is 13.4. The van der Waals surface area contributed by atoms with Gasteiger partial charge in [0.2, 0.25) is 0 Å². The van der Waals surface area contributed by atoms with E-state index in [0.717, 1.165) is 23.0 Å². The van der Waals surface area contributed by atoms with E-state index < -0.39 is 0 Å². The second-order valence-electron chi connectivity index (χ2n) is 4.16. The average Bonchev–Trinajstić information content (AvgIpc) is 3.12. The molecule has 5 nitrogen and oxygen atoms in total. The molecule has 19 heavy (non-hydrogen) atoms. The van der Waals surface area contributed by atoms with Gasteiger partial charge in [0.1, 0.15) is 5.82 Å². The molecule has 3 rings (SSSR count). The van der Waals surface area contributed by atoms with Crippen LogP contribution >= 0.6 is 39.2 Å². The van der Waals surface area contributed by atoms with Crippen molar-refractivity contribution in [3.05, 3.63) is 38.6 Å². The lowest BCUT2D eigenvalue weighted by atomic mass is 10.3. The van der Waals surface area contributed by atoms with Gasteiger partial charge in [-0.1, -0.05) is 27.7 Å². The van der Waals surface area contributed by atoms with Gasteiger partial charge in [0.25, 0.3) is 5.69 Å². The number of hydrogen-bond donors (Lipinski definition) is 0. The zero-order valence-electron chi connectivity index (χ0n) is 9.58. The van der Waals surface area contributed by atoms with Gasteiger partial charge in [0.05, 0.1) is 9.82 Å². The zero-order valence-corrected chi connectivity index (χ0v) is 12.8. The van der Waals surface area contributed by atoms with E-state index in [1.165, 1.54) is 29.4 Å². The number of nitro benzene ring substituents is 1. The molecule has 0 saturated heterocycles. The van der Waals surface area contributed by atoms with Crippen LogP contribution in [-0.2, 0) is 0 Å². The molecule has 1 aromatic carbocycles. The summed E-state index contributed by atoms with van der Waals surface area (Å²) in [5.41, 5.74) is 0.0857. The number of nitro groups is 1. The van der Waals surface area contributed by atoms with Gasteiger partial charge in [-0.2, -0.15) is 4.37 Å². The number of benzene rings is 1. The van der Waals surface area contributed by atoms with Crippen molar-refractivity contribution < 1.29 is 4.92 Å². The summed E-state index contributed by atoms with van der Waals surface area (Å²) in [6, 6.07) is 5.02. The highest BCUT2D eigenvalue weighted by Gasteiger charge is 2.28. The van der Waals surface area contributed by atoms with Crippen molar-refractivity contribution in [1.29, 1.82) is 0 Å². The van der Waals surface area contributed by atoms with Crippen molar-refractivity contribution in [2.45, 2.75) is 28.0 Å². The van der Waals surface area contributed by atoms with Crippen LogP contribution in [0.2, 0.25) is 0 Å². The molecule has 0 N–H and O–H groups in total. The summed E-state index contributed by atoms with van der Waals surface area (Å²) in [5.74, 6) is 1.39. The molecule has 0 unspecified atom stereocenters. The molecule has 0 atom stereocenters. The second-order valence-corrected chi connectivity index (χ2v) is 7.12. The fourth-order valence-corrected chi connectivity index (χ4v) is 3.66. The van der Waals surface area contributed by atoms with Gasteiger partial charge in [-0.25, -0.2) is 4.98 Å². The Labute approximate surface area is 125 Å². The Bertz CT molecular complexity index is 643. The van der Waals surface area contributed by atoms with E-state index >= 15 is 0 Å². The fraction of sp³-hybridized carbons (Fsp3) is 0.273. The van der Waals surface area contributed by atoms with E-state index in [9.17, 15) is 10.1 Å². The highest BCUT2D eigenvalue weighted by molar-refractivity contribution is 9.10. The standard InChI is InChI=1S/C11H8BrN3O2S2/c12-7-3-4-9(8(5-7)15(16)17)18-11-13-10(14-19-11)6-1-2-6/h3-6H,1-2H2. The number of halogens is 1. The smallest absolute Gasteiger partial charge is 0.258 e. The summed E-state index contributed by atoms with van der Waals surface area (Å²) in [6.07, 6.45) is 2.30. The van der Waals surface area contributed by atoms with Crippen LogP contribution < -0.4 is 0 Å². The maximum atomic E-state index is 11.0. The number of aromatic nitrogens is 2. The van der Waals surface area contributed by atoms with Gasteiger partial charge in [-0.3, -0.25) is 10.1 Å². The van der Waals surface area contributed by atoms with Crippen LogP contribution in [0.15, 0.2) is 31.9 Å². The highest BCUT2D eigenvalue weighted by atomic mass is 79.9. The summed E-state index contributed by atoms with van der Waals surface area (Å²) >= 11 is 5.85. The van der Waals surface area contributed by atoms with E-state index in [0.29, 0.717) is 15.3 Å². The Morgan fingerprint density at radius 2 is 2.26 bits per heavy atom. The van der Waals surface area contributed by atoms with Gasteiger partial charge in [-0.05, 0) is 36.5 Å². The Balaban J connectivity index is 1.87. The molecule has 2 aromatic rings. The third kappa shape index (κ3) is 2.96. The molecule has 0 bridgehead atoms. The van der Waals surface area contributed by atoms with Crippen molar-refractivity contribution in [3.8, 4) is 0 Å². The van der Waals surface area contributed by atoms with E-state index in [2.05, 4.69) is 25.3 Å². The SMILES string of the molecule is O=[N+]([O-])c1cc(Br)ccc1Sc1nc(C2CC2)ns1. The molecule has 1 aliphatic rings. The van der Waals surface area contributed by atoms with Gasteiger partial charge in [0, 0.05) is 16.5 Å². The van der Waals surface area contributed by atoms with Crippen LogP contribution in [0.25, 0.3) is 0 Å². The Morgan fingerprint density at radius 3 is 2.95 bits per heavy atom. The molecule has 98 valence electrons. The quantitative estimate of drug-likeness (QED) is 0.604. The molecule has 0 aliphatic heterocycles. The third-order valence-electron chi connectivity index (χ3n) is 2.68. The van der Waals surface area contributed by atoms with Gasteiger partial charge < -0.3 is 0 Å². The molecule has 8 heteroatoms. The lowest BCUT2D eigenvalue weighted by molar-refractivity contribution is -0.387. The average molecular weight is 358 g/mol. The Hall–Kier alpha value is -0.990. The summed E-state index contributed by atoms with van der Waals surface area (Å²) in [4.78, 5) is 15.7. The van der Waals surface area contributed by atoms with Crippen LogP contribution in [0.4, 0.5) is 5.69 Å². The lowest BCUT2D eigenvalue weighted by Gasteiger charge is -2.00. The van der Waals surface area contributed by atoms with E-state index in [1.54, 1.807) is 12.1 Å². The molecule has 1 aromatic heterocycles. The maximum absolute atomic E-state index is 11.0. The molecule has 0 spiro atoms. The first-order valence-corrected chi connectivity index (χ1v) is 7.97. The highest BCUT2D eigenvalue weighted by Crippen LogP contribution is 2.42. The topological polar surface area (TPSA) is 68.9 Å². The second kappa shape index (κ2) is 5.18. The molecule has 1 saturated carbocycles. The Morgan fingerprint density at radius 1 is 1.47 bits per heavy atom. The number of nitrogens with zero attached hydrogens (tertiary/aromatic N) is 3. The van der Waals surface area contributed by atoms with E-state index in [1.807, 2.05) is 0 Å². The molecular weight excluding hydrogens is 350 g/mol. The first-order valence-electron chi connectivity index (χ1n) is 5.59. The summed E-state index contributed by atoms with van der Waals surface area (Å²) in [7, 11) is 0. The van der Waals surface area contributed by atoms with Crippen LogP contribution in [0.3, 0.4) is 0 Å². The molecule has 1 heterocycles. The van der Waals surface area contributed by atoms with Crippen LogP contribution in [-0.4, -0.2) is 14.3 Å². The van der Waals surface area contributed by atoms with Gasteiger partial charge in [0.15, 0.2) is 4.34 Å². The predicted molar refractivity (Wildman–Crippen MR) is 76.8 cm³/mol. The van der Waals surface area contributed by atoms with Crippen LogP contribution in [0.5, 0.6) is 0 Å². The molecule has 0 radical (unpaired) electrons. The van der Waals surface area contributed by atoms with E-state index in [-0.39, 0.29) is 10.6 Å². The molecular formula is C11H8BrN3O2S2. The van der Waals surface area contributed by atoms with E-state index in [4.69, 9.17) is 0 Å². The molecule has 1 fully saturated rings. The minimum absolute atomic E-state index is 0.0857. The Kier molecular flexibility index (Phi) is 3.55. The fourth-order valence-electron chi connectivity index (χ4n) is 1.58. The normalized spacial score (nSPS) is 14.6. The van der Waals surface area contributed by atoms with Crippen molar-refractivity contribution >= 4 is 44.9 Å². The van der Waals surface area contributed by atoms with Crippen molar-refractivity contribution in [1.82, 2.24) is 9.36 Å². The summed E-state index contributed by atoms with van der Waals surface area (Å²) in [5, 5.41) is 11.0.